The number of rotatable bonds is 36. The lowest BCUT2D eigenvalue weighted by Crippen LogP contribution is -2.41. The molecule has 122 heavy (non-hydrogen) atoms. The first kappa shape index (κ1) is 91.5. The smallest absolute Gasteiger partial charge is 0.180 e. The van der Waals surface area contributed by atoms with Crippen LogP contribution >= 0.6 is 22.7 Å². The molecule has 0 spiro atoms. The molecule has 0 aliphatic heterocycles. The van der Waals surface area contributed by atoms with E-state index in [1.807, 2.05) is 59.9 Å². The summed E-state index contributed by atoms with van der Waals surface area (Å²) < 4.78 is 0. The number of fused-ring (bicyclic) bond motifs is 6. The molecule has 7 aromatic carbocycles. The molecule has 0 bridgehead atoms. The topological polar surface area (TPSA) is 220 Å². The van der Waals surface area contributed by atoms with Gasteiger partial charge in [0.25, 0.3) is 0 Å². The molecule has 9 aromatic rings. The quantitative estimate of drug-likeness (QED) is 0.0167. The molecule has 2 heterocycles. The molecule has 0 saturated carbocycles. The Bertz CT molecular complexity index is 4530. The molecule has 6 aliphatic carbocycles. The number of aromatic nitrogens is 1. The van der Waals surface area contributed by atoms with Crippen molar-refractivity contribution in [3.05, 3.63) is 231 Å². The van der Waals surface area contributed by atoms with Gasteiger partial charge in [-0.1, -0.05) is 114 Å². The molecule has 0 saturated heterocycles. The molecule has 0 radical (unpaired) electrons. The molecule has 10 N–H and O–H groups in total. The van der Waals surface area contributed by atoms with E-state index in [1.165, 1.54) is 74.5 Å². The zero-order valence-corrected chi connectivity index (χ0v) is 76.0. The fraction of sp³-hybridized carbons (Fsp3) is 0.529. The lowest BCUT2D eigenvalue weighted by atomic mass is 9.86. The molecule has 15 rings (SSSR count). The van der Waals surface area contributed by atoms with E-state index < -0.39 is 0 Å². The minimum atomic E-state index is 0.266. The zero-order valence-electron chi connectivity index (χ0n) is 74.4. The van der Waals surface area contributed by atoms with E-state index in [1.54, 1.807) is 46.0 Å². The number of hydrogen-bond donors (Lipinski definition) is 9. The Kier molecular flexibility index (Phi) is 33.5. The second-order valence-corrected chi connectivity index (χ2v) is 38.5. The zero-order chi connectivity index (χ0) is 85.8. The van der Waals surface area contributed by atoms with Gasteiger partial charge < -0.3 is 46.6 Å². The van der Waals surface area contributed by atoms with Crippen LogP contribution in [0.3, 0.4) is 0 Å². The number of phenolic OH excluding ortho intramolecular Hbond substituents is 8. The van der Waals surface area contributed by atoms with Gasteiger partial charge >= 0.3 is 0 Å². The van der Waals surface area contributed by atoms with Crippen LogP contribution in [0.4, 0.5) is 5.13 Å². The fourth-order valence-corrected chi connectivity index (χ4v) is 23.3. The summed E-state index contributed by atoms with van der Waals surface area (Å²) in [6.45, 7) is 27.6. The highest BCUT2D eigenvalue weighted by Crippen LogP contribution is 2.40. The number of nitrogens with two attached hydrogens (primary N) is 1. The summed E-state index contributed by atoms with van der Waals surface area (Å²) in [7, 11) is 0. The van der Waals surface area contributed by atoms with Gasteiger partial charge in [0.15, 0.2) is 5.13 Å². The molecule has 3 unspecified atom stereocenters. The monoisotopic (exact) mass is 1700 g/mol. The van der Waals surface area contributed by atoms with Crippen molar-refractivity contribution in [3.63, 3.8) is 0 Å². The summed E-state index contributed by atoms with van der Waals surface area (Å²) in [6.07, 6.45) is 30.2. The lowest BCUT2D eigenvalue weighted by Gasteiger charge is -2.35. The van der Waals surface area contributed by atoms with Crippen LogP contribution in [-0.4, -0.2) is 190 Å². The van der Waals surface area contributed by atoms with Crippen molar-refractivity contribution >= 4 is 27.8 Å². The van der Waals surface area contributed by atoms with Crippen LogP contribution in [0.5, 0.6) is 46.0 Å². The summed E-state index contributed by atoms with van der Waals surface area (Å²) in [5.41, 5.74) is 24.5. The fourth-order valence-electron chi connectivity index (χ4n) is 21.1. The van der Waals surface area contributed by atoms with Crippen molar-refractivity contribution in [2.75, 3.05) is 84.3 Å². The molecule has 18 heteroatoms. The summed E-state index contributed by atoms with van der Waals surface area (Å²) in [4.78, 5) is 24.4. The van der Waals surface area contributed by atoms with Crippen LogP contribution in [0.2, 0.25) is 0 Å². The highest BCUT2D eigenvalue weighted by atomic mass is 32.1. The predicted octanol–water partition coefficient (Wildman–Crippen LogP) is 19.0. The molecular weight excluding hydrogens is 1550 g/mol. The maximum atomic E-state index is 11.0. The molecule has 16 nitrogen and oxygen atoms in total. The van der Waals surface area contributed by atoms with Crippen LogP contribution < -0.4 is 5.73 Å². The molecule has 0 fully saturated rings. The molecule has 6 aliphatic rings. The van der Waals surface area contributed by atoms with Crippen molar-refractivity contribution in [2.45, 2.75) is 277 Å². The Balaban J connectivity index is 0.000000158. The summed E-state index contributed by atoms with van der Waals surface area (Å²) >= 11 is 3.59. The van der Waals surface area contributed by atoms with E-state index in [0.29, 0.717) is 88.7 Å². The number of thiazole rings is 1. The second kappa shape index (κ2) is 44.6. The average molecular weight is 1700 g/mol. The number of aryl methyl sites for hydroxylation is 3. The van der Waals surface area contributed by atoms with Crippen LogP contribution in [0.25, 0.3) is 0 Å². The van der Waals surface area contributed by atoms with Gasteiger partial charge in [0.05, 0.1) is 5.69 Å². The van der Waals surface area contributed by atoms with E-state index in [4.69, 9.17) is 5.73 Å². The third-order valence-electron chi connectivity index (χ3n) is 27.6. The first-order chi connectivity index (χ1) is 59.3. The number of nitrogens with zero attached hydrogens (tertiary/aromatic N) is 7. The number of aromatic hydroxyl groups is 8. The number of benzene rings is 7. The summed E-state index contributed by atoms with van der Waals surface area (Å²) in [5.74, 6) is 2.92. The van der Waals surface area contributed by atoms with Crippen molar-refractivity contribution < 1.29 is 40.9 Å². The first-order valence-electron chi connectivity index (χ1n) is 46.9. The minimum Gasteiger partial charge on any atom is -0.508 e. The van der Waals surface area contributed by atoms with Crippen LogP contribution in [-0.2, 0) is 116 Å². The van der Waals surface area contributed by atoms with Crippen LogP contribution in [0.1, 0.15) is 222 Å². The second-order valence-electron chi connectivity index (χ2n) is 36.0. The van der Waals surface area contributed by atoms with Crippen molar-refractivity contribution in [3.8, 4) is 46.0 Å². The van der Waals surface area contributed by atoms with Gasteiger partial charge in [-0.15, -0.1) is 22.7 Å². The maximum absolute atomic E-state index is 11.0. The number of phenols is 8. The average Bonchev–Trinajstić information content (AvgIpc) is 1.08. The highest BCUT2D eigenvalue weighted by molar-refractivity contribution is 7.15. The van der Waals surface area contributed by atoms with Crippen molar-refractivity contribution in [1.29, 1.82) is 0 Å². The SMILES string of the molecule is CCCN(CCc1cc(O)c(CCN(CCC)[C@H]2CCc3c(O)cccc3C2)cc1O)C1CCc2c(O)cccc2C1.CCCN(CCc1cc(O)c(CCN(CCC)[C@H]2CCc3nc(N)sc3C2)cc1O)C1CCc2cc(C)sc2C1.CCCN(CCc1ccc(CCN(CCC)[C@H]2CCc3c(O)cccc3C2)cc1)C1CCc2c(O)cccc2C1. The number of thiophene rings is 1. The molecule has 658 valence electrons. The van der Waals surface area contributed by atoms with Gasteiger partial charge in [0.1, 0.15) is 46.0 Å². The van der Waals surface area contributed by atoms with Crippen molar-refractivity contribution in [1.82, 2.24) is 34.4 Å². The Labute approximate surface area is 737 Å². The van der Waals surface area contributed by atoms with E-state index in [9.17, 15) is 40.9 Å². The lowest BCUT2D eigenvalue weighted by molar-refractivity contribution is 0.180. The van der Waals surface area contributed by atoms with Crippen LogP contribution in [0, 0.1) is 6.92 Å². The highest BCUT2D eigenvalue weighted by Gasteiger charge is 2.33. The van der Waals surface area contributed by atoms with Crippen LogP contribution in [0.15, 0.2) is 127 Å². The van der Waals surface area contributed by atoms with E-state index in [0.717, 1.165) is 277 Å². The van der Waals surface area contributed by atoms with Gasteiger partial charge in [0, 0.05) is 90.2 Å². The predicted molar refractivity (Wildman–Crippen MR) is 502 cm³/mol. The normalized spacial score (nSPS) is 18.6. The Morgan fingerprint density at radius 1 is 0.303 bits per heavy atom. The van der Waals surface area contributed by atoms with Crippen molar-refractivity contribution in [2.24, 2.45) is 0 Å². The number of anilines is 1. The molecule has 2 aromatic heterocycles. The third-order valence-corrected chi connectivity index (χ3v) is 29.7. The molecular formula is C104H142N8O8S2. The third kappa shape index (κ3) is 23.9. The number of nitrogen functional groups attached to an aromatic ring is 1. The molecule has 0 amide bonds. The summed E-state index contributed by atoms with van der Waals surface area (Å²) in [6, 6.07) is 45.6. The number of hydrogen-bond acceptors (Lipinski definition) is 18. The first-order valence-corrected chi connectivity index (χ1v) is 48.5. The van der Waals surface area contributed by atoms with E-state index >= 15 is 0 Å². The van der Waals surface area contributed by atoms with E-state index in [2.05, 4.69) is 137 Å². The minimum absolute atomic E-state index is 0.266. The Hall–Kier alpha value is -8.17. The largest absolute Gasteiger partial charge is 0.508 e. The van der Waals surface area contributed by atoms with Gasteiger partial charge in [-0.2, -0.15) is 0 Å². The maximum Gasteiger partial charge on any atom is 0.180 e. The standard InChI is InChI=1S/C36H48N2O4.C36H48N2O2.C32H46N4O2S2/c1-3-17-37(29-11-13-31-25(21-29)7-5-9-33(31)39)19-15-27-23-36(42)28(24-35(27)41)16-20-38(18-4-2)30-12-14-32-26(22-30)8-6-10-34(32)40;1-3-21-37(31-15-17-33-29(25-31)7-5-9-35(33)39)23-19-27-11-13-28(14-12-27)20-24-38(22-4-2)32-16-18-34-30(26-32)8-6-10-36(34)40;1-4-12-35(25-7-6-24-16-21(3)39-30(24)19-25)14-10-22-17-29(38)23(18-28(22)37)11-15-36(13-5-2)26-8-9-27-31(20-26)40-32(33)34-27/h5-10,23-24,29-30,39-42H,3-4,11-22H2,1-2H3;5-14,31-32,39-40H,3-4,15-26H2,1-2H3;16-18,25-26,37-38H,4-15,19-20H2,1-3H3,(H2,33,34)/t29-,30?;31-,32?;25?,26-/m000/s1. The Morgan fingerprint density at radius 2 is 0.582 bits per heavy atom. The van der Waals surface area contributed by atoms with Gasteiger partial charge in [-0.3, -0.25) is 29.4 Å². The Morgan fingerprint density at radius 3 is 0.893 bits per heavy atom. The molecule has 6 atom stereocenters. The summed E-state index contributed by atoms with van der Waals surface area (Å²) in [5, 5.41) is 85.6. The van der Waals surface area contributed by atoms with E-state index in [-0.39, 0.29) is 11.5 Å². The van der Waals surface area contributed by atoms with Gasteiger partial charge in [0.2, 0.25) is 0 Å². The van der Waals surface area contributed by atoms with Gasteiger partial charge in [-0.05, 0) is 377 Å². The van der Waals surface area contributed by atoms with Gasteiger partial charge in [-0.25, -0.2) is 4.98 Å².